The number of benzene rings is 2. The molecule has 1 aliphatic rings. The Balaban J connectivity index is 1.87. The highest BCUT2D eigenvalue weighted by atomic mass is 32.2. The fourth-order valence-corrected chi connectivity index (χ4v) is 4.83. The fraction of sp³-hybridized carbons (Fsp3) is 0.385. The molecule has 1 aliphatic heterocycles. The number of ether oxygens (including phenoxy) is 1. The second-order valence-electron chi connectivity index (χ2n) is 8.81. The van der Waals surface area contributed by atoms with Crippen LogP contribution < -0.4 is 9.64 Å². The Morgan fingerprint density at radius 3 is 2.74 bits per heavy atom. The van der Waals surface area contributed by atoms with Gasteiger partial charge >= 0.3 is 0 Å². The SMILES string of the molecule is CCCC(=O)N1c2ccc(C)cc2-c2nnc(SCCC(C)C)nc2O[C@@H]1c1ccccc1F. The molecule has 4 rings (SSSR count). The van der Waals surface area contributed by atoms with Crippen molar-refractivity contribution in [3.8, 4) is 17.1 Å². The number of thioether (sulfide) groups is 1. The van der Waals surface area contributed by atoms with Crippen molar-refractivity contribution in [2.45, 2.75) is 58.3 Å². The van der Waals surface area contributed by atoms with Gasteiger partial charge in [-0.15, -0.1) is 10.2 Å². The lowest BCUT2D eigenvalue weighted by Crippen LogP contribution is -2.38. The molecule has 0 saturated carbocycles. The van der Waals surface area contributed by atoms with Gasteiger partial charge < -0.3 is 4.74 Å². The molecule has 0 N–H and O–H groups in total. The first-order chi connectivity index (χ1) is 16.4. The van der Waals surface area contributed by atoms with Crippen LogP contribution in [0.3, 0.4) is 0 Å². The molecular formula is C26H29FN4O2S. The number of hydrogen-bond acceptors (Lipinski definition) is 6. The maximum Gasteiger partial charge on any atom is 0.247 e. The predicted octanol–water partition coefficient (Wildman–Crippen LogP) is 6.35. The number of rotatable bonds is 7. The Labute approximate surface area is 204 Å². The summed E-state index contributed by atoms with van der Waals surface area (Å²) in [6.45, 7) is 8.24. The van der Waals surface area contributed by atoms with Gasteiger partial charge in [-0.05, 0) is 43.9 Å². The molecule has 0 unspecified atom stereocenters. The number of aromatic nitrogens is 3. The standard InChI is InChI=1S/C26H29FN4O2S/c1-5-8-22(32)31-21-12-11-17(4)15-19(21)23-24(28-26(30-29-23)34-14-13-16(2)3)33-25(31)18-9-6-7-10-20(18)27/h6-7,9-12,15-16,25H,5,8,13-14H2,1-4H3/t25-/m1/s1. The normalized spacial score (nSPS) is 14.9. The molecule has 2 heterocycles. The number of amides is 1. The van der Waals surface area contributed by atoms with E-state index in [2.05, 4.69) is 29.0 Å². The van der Waals surface area contributed by atoms with E-state index in [1.165, 1.54) is 22.7 Å². The van der Waals surface area contributed by atoms with Gasteiger partial charge in [-0.3, -0.25) is 9.69 Å². The van der Waals surface area contributed by atoms with E-state index in [9.17, 15) is 9.18 Å². The number of halogens is 1. The number of nitrogens with zero attached hydrogens (tertiary/aromatic N) is 4. The molecule has 0 fully saturated rings. The zero-order chi connectivity index (χ0) is 24.2. The van der Waals surface area contributed by atoms with Gasteiger partial charge in [-0.25, -0.2) is 4.39 Å². The zero-order valence-corrected chi connectivity index (χ0v) is 20.7. The van der Waals surface area contributed by atoms with Crippen molar-refractivity contribution in [1.82, 2.24) is 15.2 Å². The highest BCUT2D eigenvalue weighted by Crippen LogP contribution is 2.44. The molecule has 8 heteroatoms. The first-order valence-corrected chi connectivity index (χ1v) is 12.6. The molecule has 6 nitrogen and oxygen atoms in total. The predicted molar refractivity (Wildman–Crippen MR) is 132 cm³/mol. The van der Waals surface area contributed by atoms with E-state index >= 15 is 0 Å². The summed E-state index contributed by atoms with van der Waals surface area (Å²) in [7, 11) is 0. The van der Waals surface area contributed by atoms with Crippen LogP contribution in [0.2, 0.25) is 0 Å². The monoisotopic (exact) mass is 480 g/mol. The number of hydrogen-bond donors (Lipinski definition) is 0. The molecule has 0 bridgehead atoms. The molecule has 0 saturated heterocycles. The lowest BCUT2D eigenvalue weighted by atomic mass is 10.0. The zero-order valence-electron chi connectivity index (χ0n) is 19.9. The van der Waals surface area contributed by atoms with Crippen LogP contribution >= 0.6 is 11.8 Å². The Kier molecular flexibility index (Phi) is 7.46. The van der Waals surface area contributed by atoms with E-state index in [0.29, 0.717) is 40.9 Å². The van der Waals surface area contributed by atoms with E-state index in [-0.39, 0.29) is 17.4 Å². The third-order valence-corrected chi connectivity index (χ3v) is 6.46. The third-order valence-electron chi connectivity index (χ3n) is 5.59. The Morgan fingerprint density at radius 1 is 1.21 bits per heavy atom. The number of anilines is 1. The second-order valence-corrected chi connectivity index (χ2v) is 9.87. The lowest BCUT2D eigenvalue weighted by Gasteiger charge is -2.31. The average molecular weight is 481 g/mol. The molecule has 3 aromatic rings. The highest BCUT2D eigenvalue weighted by molar-refractivity contribution is 7.99. The van der Waals surface area contributed by atoms with Gasteiger partial charge in [0.15, 0.2) is 5.69 Å². The van der Waals surface area contributed by atoms with E-state index in [4.69, 9.17) is 4.74 Å². The van der Waals surface area contributed by atoms with Crippen LogP contribution in [0.1, 0.15) is 57.4 Å². The molecule has 1 amide bonds. The topological polar surface area (TPSA) is 68.2 Å². The number of aryl methyl sites for hydroxylation is 1. The van der Waals surface area contributed by atoms with Crippen LogP contribution in [0.25, 0.3) is 11.3 Å². The molecule has 0 aliphatic carbocycles. The van der Waals surface area contributed by atoms with Crippen molar-refractivity contribution in [3.05, 3.63) is 59.4 Å². The summed E-state index contributed by atoms with van der Waals surface area (Å²) in [5, 5.41) is 9.28. The van der Waals surface area contributed by atoms with Gasteiger partial charge in [-0.1, -0.05) is 62.4 Å². The van der Waals surface area contributed by atoms with Gasteiger partial charge in [0, 0.05) is 23.3 Å². The summed E-state index contributed by atoms with van der Waals surface area (Å²) in [5.74, 6) is 1.05. The van der Waals surface area contributed by atoms with Crippen molar-refractivity contribution in [3.63, 3.8) is 0 Å². The quantitative estimate of drug-likeness (QED) is 0.367. The molecule has 178 valence electrons. The van der Waals surface area contributed by atoms with E-state index < -0.39 is 12.0 Å². The summed E-state index contributed by atoms with van der Waals surface area (Å²) in [5.41, 5.74) is 3.00. The molecule has 0 radical (unpaired) electrons. The van der Waals surface area contributed by atoms with Crippen LogP contribution in [0, 0.1) is 18.7 Å². The minimum absolute atomic E-state index is 0.159. The van der Waals surface area contributed by atoms with Crippen molar-refractivity contribution < 1.29 is 13.9 Å². The van der Waals surface area contributed by atoms with E-state index in [1.54, 1.807) is 18.2 Å². The van der Waals surface area contributed by atoms with Crippen LogP contribution in [0.15, 0.2) is 47.6 Å². The van der Waals surface area contributed by atoms with Crippen LogP contribution in [-0.4, -0.2) is 26.8 Å². The maximum absolute atomic E-state index is 15.0. The van der Waals surface area contributed by atoms with Gasteiger partial charge in [0.05, 0.1) is 5.69 Å². The summed E-state index contributed by atoms with van der Waals surface area (Å²) >= 11 is 1.51. The van der Waals surface area contributed by atoms with E-state index in [0.717, 1.165) is 17.7 Å². The summed E-state index contributed by atoms with van der Waals surface area (Å²) < 4.78 is 21.3. The molecule has 1 aromatic heterocycles. The molecule has 0 spiro atoms. The minimum Gasteiger partial charge on any atom is -0.447 e. The van der Waals surface area contributed by atoms with Crippen LogP contribution in [0.5, 0.6) is 5.88 Å². The first kappa shape index (κ1) is 24.1. The van der Waals surface area contributed by atoms with Gasteiger partial charge in [-0.2, -0.15) is 4.98 Å². The largest absolute Gasteiger partial charge is 0.447 e. The van der Waals surface area contributed by atoms with Gasteiger partial charge in [0.25, 0.3) is 0 Å². The maximum atomic E-state index is 15.0. The first-order valence-electron chi connectivity index (χ1n) is 11.6. The van der Waals surface area contributed by atoms with Crippen molar-refractivity contribution in [2.75, 3.05) is 10.7 Å². The fourth-order valence-electron chi connectivity index (χ4n) is 3.81. The summed E-state index contributed by atoms with van der Waals surface area (Å²) in [6, 6.07) is 12.1. The highest BCUT2D eigenvalue weighted by Gasteiger charge is 2.36. The van der Waals surface area contributed by atoms with Gasteiger partial charge in [0.2, 0.25) is 23.2 Å². The smallest absolute Gasteiger partial charge is 0.247 e. The molecule has 2 aromatic carbocycles. The summed E-state index contributed by atoms with van der Waals surface area (Å²) in [6.07, 6.45) is 0.953. The van der Waals surface area contributed by atoms with Gasteiger partial charge in [0.1, 0.15) is 5.82 Å². The molecule has 1 atom stereocenters. The second kappa shape index (κ2) is 10.5. The number of carbonyl (C=O) groups is 1. The average Bonchev–Trinajstić information content (AvgIpc) is 2.93. The van der Waals surface area contributed by atoms with Crippen LogP contribution in [0.4, 0.5) is 10.1 Å². The summed E-state index contributed by atoms with van der Waals surface area (Å²) in [4.78, 5) is 19.6. The lowest BCUT2D eigenvalue weighted by molar-refractivity contribution is -0.120. The van der Waals surface area contributed by atoms with Crippen molar-refractivity contribution in [2.24, 2.45) is 5.92 Å². The minimum atomic E-state index is -1.02. The Morgan fingerprint density at radius 2 is 2.00 bits per heavy atom. The number of fused-ring (bicyclic) bond motifs is 3. The van der Waals surface area contributed by atoms with Crippen molar-refractivity contribution in [1.29, 1.82) is 0 Å². The van der Waals surface area contributed by atoms with Crippen LogP contribution in [-0.2, 0) is 4.79 Å². The molecule has 34 heavy (non-hydrogen) atoms. The van der Waals surface area contributed by atoms with Crippen molar-refractivity contribution >= 4 is 23.4 Å². The van der Waals surface area contributed by atoms with E-state index in [1.807, 2.05) is 32.0 Å². The Hall–Kier alpha value is -3.00. The number of carbonyl (C=O) groups excluding carboxylic acids is 1. The Bertz CT molecular complexity index is 1190. The molecular weight excluding hydrogens is 451 g/mol. The third kappa shape index (κ3) is 5.06.